The van der Waals surface area contributed by atoms with Crippen molar-refractivity contribution in [2.24, 2.45) is 0 Å². The van der Waals surface area contributed by atoms with Crippen molar-refractivity contribution in [3.8, 4) is 18.3 Å². The Morgan fingerprint density at radius 1 is 0.750 bits per heavy atom. The van der Waals surface area contributed by atoms with Crippen LogP contribution in [0.15, 0.2) is 0 Å². The predicted octanol–water partition coefficient (Wildman–Crippen LogP) is 2.04. The van der Waals surface area contributed by atoms with Gasteiger partial charge in [-0.1, -0.05) is 32.1 Å². The summed E-state index contributed by atoms with van der Waals surface area (Å²) in [5, 5.41) is 0. The first-order valence-electron chi connectivity index (χ1n) is 3.90. The van der Waals surface area contributed by atoms with E-state index in [4.69, 9.17) is 20.4 Å². The molecular weight excluding hydrogens is 376 g/mol. The Bertz CT molecular complexity index is 189. The molecule has 0 unspecified atom stereocenters. The van der Waals surface area contributed by atoms with E-state index in [1.54, 1.807) is 5.92 Å². The topological polar surface area (TPSA) is 59.7 Å². The van der Waals surface area contributed by atoms with Gasteiger partial charge in [0.15, 0.2) is 0 Å². The molecule has 0 amide bonds. The fraction of sp³-hybridized carbons (Fsp3) is 0.417. The SMILES string of the molecule is C1CCCC1.[C-]#CC#C.[C-]#[O+].[C-]#[O+].[C-]#[O+].[W+2]. The van der Waals surface area contributed by atoms with Crippen molar-refractivity contribution in [2.75, 3.05) is 0 Å². The number of rotatable bonds is 0. The van der Waals surface area contributed by atoms with E-state index in [2.05, 4.69) is 26.4 Å². The largest absolute Gasteiger partial charge is 2.00 e. The summed E-state index contributed by atoms with van der Waals surface area (Å²) in [6, 6.07) is 0. The number of terminal acetylenes is 1. The third-order valence-corrected chi connectivity index (χ3v) is 1.32. The van der Waals surface area contributed by atoms with E-state index in [0.717, 1.165) is 0 Å². The van der Waals surface area contributed by atoms with Crippen LogP contribution in [0.2, 0.25) is 0 Å². The zero-order valence-corrected chi connectivity index (χ0v) is 11.7. The second-order valence-corrected chi connectivity index (χ2v) is 2.04. The standard InChI is InChI=1S/C5H10.C4H.3CO.W/c1-2-4-5-3-1;1-3-4-2;3*1-2;/h1-5H2;1H;;;;/q;-1;;;;+2. The van der Waals surface area contributed by atoms with E-state index >= 15 is 0 Å². The molecule has 16 heavy (non-hydrogen) atoms. The Hall–Kier alpha value is -0.972. The molecular formula is C12H11O3W+. The molecule has 82 valence electrons. The van der Waals surface area contributed by atoms with Gasteiger partial charge in [-0.25, -0.2) is 6.42 Å². The summed E-state index contributed by atoms with van der Waals surface area (Å²) in [6.07, 6.45) is 17.9. The van der Waals surface area contributed by atoms with E-state index in [9.17, 15) is 0 Å². The van der Waals surface area contributed by atoms with Crippen molar-refractivity contribution in [3.63, 3.8) is 0 Å². The van der Waals surface area contributed by atoms with E-state index in [1.165, 1.54) is 32.1 Å². The average Bonchev–Trinajstić information content (AvgIpc) is 2.95. The van der Waals surface area contributed by atoms with Crippen LogP contribution in [0.1, 0.15) is 32.1 Å². The fourth-order valence-corrected chi connectivity index (χ4v) is 0.884. The van der Waals surface area contributed by atoms with Gasteiger partial charge >= 0.3 is 55.0 Å². The molecule has 0 bridgehead atoms. The first-order valence-corrected chi connectivity index (χ1v) is 3.90. The summed E-state index contributed by atoms with van der Waals surface area (Å²) in [6.45, 7) is 13.5. The molecule has 1 aliphatic rings. The second kappa shape index (κ2) is 65.5. The molecule has 0 spiro atoms. The zero-order valence-electron chi connectivity index (χ0n) is 8.75. The third-order valence-electron chi connectivity index (χ3n) is 1.32. The molecule has 0 aromatic heterocycles. The van der Waals surface area contributed by atoms with E-state index < -0.39 is 0 Å². The van der Waals surface area contributed by atoms with Crippen LogP contribution in [0.25, 0.3) is 0 Å². The molecule has 1 saturated carbocycles. The number of hydrogen-bond acceptors (Lipinski definition) is 0. The van der Waals surface area contributed by atoms with E-state index in [-0.39, 0.29) is 21.1 Å². The maximum Gasteiger partial charge on any atom is 2.00 e. The fourth-order valence-electron chi connectivity index (χ4n) is 0.884. The molecule has 1 rings (SSSR count). The van der Waals surface area contributed by atoms with Gasteiger partial charge in [-0.05, 0) is 0 Å². The molecule has 0 aromatic carbocycles. The van der Waals surface area contributed by atoms with Crippen LogP contribution in [-0.4, -0.2) is 0 Å². The third kappa shape index (κ3) is 74.6. The minimum Gasteiger partial charge on any atom is 2.00 e. The van der Waals surface area contributed by atoms with Crippen molar-refractivity contribution in [3.05, 3.63) is 26.4 Å². The van der Waals surface area contributed by atoms with Crippen LogP contribution in [0.3, 0.4) is 0 Å². The molecule has 3 nitrogen and oxygen atoms in total. The Kier molecular flexibility index (Phi) is 120. The van der Waals surface area contributed by atoms with Crippen LogP contribution in [0.5, 0.6) is 0 Å². The molecule has 0 aromatic rings. The molecule has 0 N–H and O–H groups in total. The van der Waals surface area contributed by atoms with Gasteiger partial charge in [-0.15, -0.1) is 0 Å². The molecule has 0 aliphatic heterocycles. The normalized spacial score (nSPS) is 8.50. The summed E-state index contributed by atoms with van der Waals surface area (Å²) in [5.41, 5.74) is 0. The molecule has 0 heterocycles. The van der Waals surface area contributed by atoms with Crippen LogP contribution < -0.4 is 0 Å². The minimum absolute atomic E-state index is 0. The van der Waals surface area contributed by atoms with Crippen LogP contribution >= 0.6 is 0 Å². The molecule has 1 aliphatic carbocycles. The molecule has 0 saturated heterocycles. The first-order chi connectivity index (χ1) is 7.41. The van der Waals surface area contributed by atoms with Crippen molar-refractivity contribution >= 4 is 0 Å². The van der Waals surface area contributed by atoms with Gasteiger partial charge < -0.3 is 6.42 Å². The van der Waals surface area contributed by atoms with Crippen LogP contribution in [-0.2, 0) is 35.0 Å². The molecule has 1 fully saturated rings. The monoisotopic (exact) mass is 387 g/mol. The van der Waals surface area contributed by atoms with Gasteiger partial charge in [0.2, 0.25) is 0 Å². The second-order valence-electron chi connectivity index (χ2n) is 2.04. The quantitative estimate of drug-likeness (QED) is 0.347. The van der Waals surface area contributed by atoms with Crippen molar-refractivity contribution in [1.29, 1.82) is 0 Å². The van der Waals surface area contributed by atoms with Gasteiger partial charge in [0.1, 0.15) is 0 Å². The van der Waals surface area contributed by atoms with Crippen molar-refractivity contribution in [2.45, 2.75) is 32.1 Å². The van der Waals surface area contributed by atoms with Gasteiger partial charge in [0.05, 0.1) is 0 Å². The van der Waals surface area contributed by atoms with Crippen molar-refractivity contribution < 1.29 is 35.0 Å². The molecule has 4 heteroatoms. The summed E-state index contributed by atoms with van der Waals surface area (Å²) < 4.78 is 22.5. The maximum atomic E-state index is 7.50. The van der Waals surface area contributed by atoms with Crippen molar-refractivity contribution in [1.82, 2.24) is 0 Å². The summed E-state index contributed by atoms with van der Waals surface area (Å²) in [4.78, 5) is 0. The molecule has 0 radical (unpaired) electrons. The Morgan fingerprint density at radius 3 is 0.938 bits per heavy atom. The van der Waals surface area contributed by atoms with Gasteiger partial charge in [-0.3, -0.25) is 11.8 Å². The van der Waals surface area contributed by atoms with E-state index in [0.29, 0.717) is 0 Å². The molecule has 0 atom stereocenters. The maximum absolute atomic E-state index is 7.50. The van der Waals surface area contributed by atoms with E-state index in [1.807, 2.05) is 5.92 Å². The summed E-state index contributed by atoms with van der Waals surface area (Å²) in [5.74, 6) is 3.56. The van der Waals surface area contributed by atoms with Crippen LogP contribution in [0, 0.1) is 44.6 Å². The smallest absolute Gasteiger partial charge is 2.00 e. The minimum atomic E-state index is 0. The van der Waals surface area contributed by atoms with Gasteiger partial charge in [0, 0.05) is 0 Å². The zero-order chi connectivity index (χ0) is 12.9. The van der Waals surface area contributed by atoms with Gasteiger partial charge in [0.25, 0.3) is 0 Å². The Balaban J connectivity index is -0.0000000337. The predicted molar refractivity (Wildman–Crippen MR) is 50.8 cm³/mol. The van der Waals surface area contributed by atoms with Crippen LogP contribution in [0.4, 0.5) is 0 Å². The first kappa shape index (κ1) is 29.4. The summed E-state index contributed by atoms with van der Waals surface area (Å²) in [7, 11) is 0. The number of hydrogen-bond donors (Lipinski definition) is 0. The summed E-state index contributed by atoms with van der Waals surface area (Å²) >= 11 is 0. The van der Waals surface area contributed by atoms with Gasteiger partial charge in [-0.2, -0.15) is 0 Å². The Labute approximate surface area is 112 Å². The Morgan fingerprint density at radius 2 is 0.875 bits per heavy atom. The average molecular weight is 387 g/mol.